The molecule has 4 nitrogen and oxygen atoms in total. The van der Waals surface area contributed by atoms with Gasteiger partial charge < -0.3 is 11.1 Å². The van der Waals surface area contributed by atoms with Gasteiger partial charge in [-0.3, -0.25) is 4.68 Å². The summed E-state index contributed by atoms with van der Waals surface area (Å²) in [4.78, 5) is 0. The molecule has 18 heavy (non-hydrogen) atoms. The van der Waals surface area contributed by atoms with Gasteiger partial charge in [-0.1, -0.05) is 12.1 Å². The topological polar surface area (TPSA) is 55.9 Å². The Morgan fingerprint density at radius 2 is 1.94 bits per heavy atom. The monoisotopic (exact) mass is 256 g/mol. The summed E-state index contributed by atoms with van der Waals surface area (Å²) < 4.78 is 39.7. The van der Waals surface area contributed by atoms with E-state index in [2.05, 4.69) is 10.4 Å². The maximum atomic E-state index is 12.8. The standard InChI is InChI=1S/C11H11F3N4/c1-18-6-8(15)10(17-18)16-9-5-3-2-4-7(9)11(12,13)14/h2-6H,15H2,1H3,(H,16,17). The zero-order valence-corrected chi connectivity index (χ0v) is 9.49. The zero-order valence-electron chi connectivity index (χ0n) is 9.49. The van der Waals surface area contributed by atoms with Crippen molar-refractivity contribution in [1.82, 2.24) is 9.78 Å². The number of benzene rings is 1. The molecular weight excluding hydrogens is 245 g/mol. The highest BCUT2D eigenvalue weighted by atomic mass is 19.4. The summed E-state index contributed by atoms with van der Waals surface area (Å²) in [6.07, 6.45) is -2.91. The van der Waals surface area contributed by atoms with Gasteiger partial charge in [0.05, 0.1) is 16.9 Å². The van der Waals surface area contributed by atoms with Crippen molar-refractivity contribution in [3.05, 3.63) is 36.0 Å². The number of anilines is 3. The summed E-state index contributed by atoms with van der Waals surface area (Å²) in [5.74, 6) is 0.203. The van der Waals surface area contributed by atoms with Crippen LogP contribution in [0.4, 0.5) is 30.4 Å². The number of aromatic nitrogens is 2. The van der Waals surface area contributed by atoms with Crippen molar-refractivity contribution in [2.24, 2.45) is 7.05 Å². The van der Waals surface area contributed by atoms with Crippen LogP contribution in [0.25, 0.3) is 0 Å². The fourth-order valence-electron chi connectivity index (χ4n) is 1.57. The molecule has 0 saturated heterocycles. The summed E-state index contributed by atoms with van der Waals surface area (Å²) in [6.45, 7) is 0. The fourth-order valence-corrected chi connectivity index (χ4v) is 1.57. The minimum Gasteiger partial charge on any atom is -0.394 e. The Bertz CT molecular complexity index is 560. The van der Waals surface area contributed by atoms with Crippen LogP contribution in [-0.4, -0.2) is 9.78 Å². The number of hydrogen-bond donors (Lipinski definition) is 2. The second kappa shape index (κ2) is 4.25. The lowest BCUT2D eigenvalue weighted by molar-refractivity contribution is -0.136. The maximum absolute atomic E-state index is 12.8. The van der Waals surface area contributed by atoms with Crippen LogP contribution in [0.1, 0.15) is 5.56 Å². The molecule has 3 N–H and O–H groups in total. The Morgan fingerprint density at radius 3 is 2.50 bits per heavy atom. The Labute approximate surface area is 101 Å². The lowest BCUT2D eigenvalue weighted by atomic mass is 10.1. The average Bonchev–Trinajstić information content (AvgIpc) is 2.57. The van der Waals surface area contributed by atoms with Gasteiger partial charge in [-0.05, 0) is 12.1 Å². The van der Waals surface area contributed by atoms with Crippen molar-refractivity contribution in [1.29, 1.82) is 0 Å². The number of nitrogens with two attached hydrogens (primary N) is 1. The first-order valence-electron chi connectivity index (χ1n) is 5.10. The number of hydrogen-bond acceptors (Lipinski definition) is 3. The van der Waals surface area contributed by atoms with E-state index < -0.39 is 11.7 Å². The minimum atomic E-state index is -4.42. The first-order chi connectivity index (χ1) is 8.38. The molecule has 2 rings (SSSR count). The SMILES string of the molecule is Cn1cc(N)c(Nc2ccccc2C(F)(F)F)n1. The molecule has 1 heterocycles. The van der Waals surface area contributed by atoms with Gasteiger partial charge in [-0.2, -0.15) is 18.3 Å². The molecule has 0 unspecified atom stereocenters. The molecule has 0 radical (unpaired) electrons. The Hall–Kier alpha value is -2.18. The van der Waals surface area contributed by atoms with Crippen molar-refractivity contribution in [2.45, 2.75) is 6.18 Å². The van der Waals surface area contributed by atoms with Crippen LogP contribution >= 0.6 is 0 Å². The van der Waals surface area contributed by atoms with Gasteiger partial charge >= 0.3 is 6.18 Å². The van der Waals surface area contributed by atoms with E-state index in [1.807, 2.05) is 0 Å². The van der Waals surface area contributed by atoms with Gasteiger partial charge in [-0.15, -0.1) is 0 Å². The lowest BCUT2D eigenvalue weighted by Crippen LogP contribution is -2.09. The summed E-state index contributed by atoms with van der Waals surface area (Å²) in [6, 6.07) is 5.17. The smallest absolute Gasteiger partial charge is 0.394 e. The molecule has 1 aromatic heterocycles. The van der Waals surface area contributed by atoms with Crippen LogP contribution in [0.3, 0.4) is 0 Å². The summed E-state index contributed by atoms with van der Waals surface area (Å²) >= 11 is 0. The Kier molecular flexibility index (Phi) is 2.90. The van der Waals surface area contributed by atoms with Crippen molar-refractivity contribution in [3.63, 3.8) is 0 Å². The highest BCUT2D eigenvalue weighted by molar-refractivity contribution is 5.70. The number of nitrogen functional groups attached to an aromatic ring is 1. The predicted molar refractivity (Wildman–Crippen MR) is 62.3 cm³/mol. The average molecular weight is 256 g/mol. The first-order valence-corrected chi connectivity index (χ1v) is 5.10. The molecule has 7 heteroatoms. The van der Waals surface area contributed by atoms with Gasteiger partial charge in [0.15, 0.2) is 5.82 Å². The van der Waals surface area contributed by atoms with Crippen molar-refractivity contribution in [2.75, 3.05) is 11.1 Å². The molecular formula is C11H11F3N4. The number of aryl methyl sites for hydroxylation is 1. The second-order valence-electron chi connectivity index (χ2n) is 3.78. The van der Waals surface area contributed by atoms with E-state index in [4.69, 9.17) is 5.73 Å². The summed E-state index contributed by atoms with van der Waals surface area (Å²) in [7, 11) is 1.64. The highest BCUT2D eigenvalue weighted by Gasteiger charge is 2.33. The van der Waals surface area contributed by atoms with Gasteiger partial charge in [0.2, 0.25) is 0 Å². The van der Waals surface area contributed by atoms with Crippen molar-refractivity contribution >= 4 is 17.2 Å². The quantitative estimate of drug-likeness (QED) is 0.868. The number of rotatable bonds is 2. The van der Waals surface area contributed by atoms with Crippen molar-refractivity contribution in [3.8, 4) is 0 Å². The van der Waals surface area contributed by atoms with Gasteiger partial charge in [0, 0.05) is 13.2 Å². The Balaban J connectivity index is 2.38. The largest absolute Gasteiger partial charge is 0.418 e. The van der Waals surface area contributed by atoms with Gasteiger partial charge in [0.1, 0.15) is 0 Å². The van der Waals surface area contributed by atoms with Crippen LogP contribution < -0.4 is 11.1 Å². The van der Waals surface area contributed by atoms with Crippen molar-refractivity contribution < 1.29 is 13.2 Å². The molecule has 2 aromatic rings. The molecule has 0 saturated carbocycles. The van der Waals surface area contributed by atoms with Crippen LogP contribution in [0.2, 0.25) is 0 Å². The molecule has 0 aliphatic heterocycles. The van der Waals surface area contributed by atoms with Gasteiger partial charge in [0.25, 0.3) is 0 Å². The third-order valence-corrected chi connectivity index (χ3v) is 2.34. The predicted octanol–water partition coefficient (Wildman–Crippen LogP) is 2.76. The van der Waals surface area contributed by atoms with Crippen LogP contribution in [0.5, 0.6) is 0 Å². The third-order valence-electron chi connectivity index (χ3n) is 2.34. The highest BCUT2D eigenvalue weighted by Crippen LogP contribution is 2.36. The molecule has 0 spiro atoms. The molecule has 0 bridgehead atoms. The number of halogens is 3. The van der Waals surface area contributed by atoms with E-state index in [1.54, 1.807) is 7.05 Å². The molecule has 0 atom stereocenters. The number of alkyl halides is 3. The van der Waals surface area contributed by atoms with Gasteiger partial charge in [-0.25, -0.2) is 0 Å². The van der Waals surface area contributed by atoms with E-state index >= 15 is 0 Å². The van der Waals surface area contributed by atoms with Crippen LogP contribution in [-0.2, 0) is 13.2 Å². The number of nitrogens with zero attached hydrogens (tertiary/aromatic N) is 2. The summed E-state index contributed by atoms with van der Waals surface area (Å²) in [5, 5.41) is 6.53. The normalized spacial score (nSPS) is 11.6. The molecule has 0 aliphatic rings. The minimum absolute atomic E-state index is 0.0737. The molecule has 0 fully saturated rings. The first kappa shape index (κ1) is 12.3. The number of para-hydroxylation sites is 1. The van der Waals surface area contributed by atoms with E-state index in [0.29, 0.717) is 0 Å². The van der Waals surface area contributed by atoms with Crippen LogP contribution in [0.15, 0.2) is 30.5 Å². The fraction of sp³-hybridized carbons (Fsp3) is 0.182. The Morgan fingerprint density at radius 1 is 1.28 bits per heavy atom. The third kappa shape index (κ3) is 2.39. The van der Waals surface area contributed by atoms with E-state index in [-0.39, 0.29) is 17.2 Å². The maximum Gasteiger partial charge on any atom is 0.418 e. The zero-order chi connectivity index (χ0) is 13.3. The van der Waals surface area contributed by atoms with E-state index in [9.17, 15) is 13.2 Å². The van der Waals surface area contributed by atoms with E-state index in [1.165, 1.54) is 29.1 Å². The molecule has 96 valence electrons. The molecule has 0 aliphatic carbocycles. The summed E-state index contributed by atoms with van der Waals surface area (Å²) in [5.41, 5.74) is 5.08. The second-order valence-corrected chi connectivity index (χ2v) is 3.78. The van der Waals surface area contributed by atoms with Crippen LogP contribution in [0, 0.1) is 0 Å². The molecule has 0 amide bonds. The lowest BCUT2D eigenvalue weighted by Gasteiger charge is -2.13. The van der Waals surface area contributed by atoms with E-state index in [0.717, 1.165) is 6.07 Å². The number of nitrogens with one attached hydrogen (secondary N) is 1. The molecule has 1 aromatic carbocycles.